The van der Waals surface area contributed by atoms with Gasteiger partial charge < -0.3 is 9.84 Å². The second kappa shape index (κ2) is 6.26. The zero-order valence-electron chi connectivity index (χ0n) is 10.8. The molecule has 0 spiro atoms. The maximum absolute atomic E-state index is 5.24. The van der Waals surface area contributed by atoms with Gasteiger partial charge in [0.2, 0.25) is 11.7 Å². The van der Waals surface area contributed by atoms with Crippen LogP contribution in [0.5, 0.6) is 0 Å². The van der Waals surface area contributed by atoms with Crippen LogP contribution in [0.3, 0.4) is 0 Å². The third kappa shape index (κ3) is 2.92. The molecule has 0 saturated carbocycles. The normalized spacial score (nSPS) is 10.8. The number of hydrogen-bond acceptors (Lipinski definition) is 5. The van der Waals surface area contributed by atoms with Crippen LogP contribution >= 0.6 is 0 Å². The maximum Gasteiger partial charge on any atom is 0.228 e. The van der Waals surface area contributed by atoms with Crippen molar-refractivity contribution in [3.63, 3.8) is 0 Å². The largest absolute Gasteiger partial charge is 0.339 e. The topological polar surface area (TPSA) is 63.8 Å². The minimum atomic E-state index is 0.653. The molecule has 5 heteroatoms. The van der Waals surface area contributed by atoms with Gasteiger partial charge in [0.1, 0.15) is 0 Å². The van der Waals surface area contributed by atoms with E-state index in [1.807, 2.05) is 12.3 Å². The van der Waals surface area contributed by atoms with Gasteiger partial charge in [0.05, 0.1) is 0 Å². The number of rotatable bonds is 6. The van der Waals surface area contributed by atoms with E-state index < -0.39 is 0 Å². The number of likely N-dealkylation sites (N-methyl/N-ethyl adjacent to an activating group) is 1. The van der Waals surface area contributed by atoms with Crippen LogP contribution in [-0.4, -0.2) is 28.2 Å². The van der Waals surface area contributed by atoms with E-state index in [2.05, 4.69) is 34.3 Å². The predicted octanol–water partition coefficient (Wildman–Crippen LogP) is 1.85. The van der Waals surface area contributed by atoms with Gasteiger partial charge in [-0.15, -0.1) is 0 Å². The molecule has 0 aliphatic rings. The lowest BCUT2D eigenvalue weighted by Crippen LogP contribution is -2.16. The van der Waals surface area contributed by atoms with Crippen LogP contribution in [0, 0.1) is 0 Å². The summed E-state index contributed by atoms with van der Waals surface area (Å²) in [5.41, 5.74) is 2.14. The van der Waals surface area contributed by atoms with E-state index in [1.165, 1.54) is 0 Å². The van der Waals surface area contributed by atoms with Gasteiger partial charge in [-0.1, -0.05) is 19.0 Å². The van der Waals surface area contributed by atoms with Gasteiger partial charge in [-0.25, -0.2) is 0 Å². The highest BCUT2D eigenvalue weighted by molar-refractivity contribution is 5.58. The van der Waals surface area contributed by atoms with E-state index >= 15 is 0 Å². The summed E-state index contributed by atoms with van der Waals surface area (Å²) in [5.74, 6) is 1.32. The summed E-state index contributed by atoms with van der Waals surface area (Å²) in [7, 11) is 0. The number of nitrogens with one attached hydrogen (secondary N) is 1. The van der Waals surface area contributed by atoms with Gasteiger partial charge >= 0.3 is 0 Å². The van der Waals surface area contributed by atoms with Crippen LogP contribution in [-0.2, 0) is 12.8 Å². The van der Waals surface area contributed by atoms with Gasteiger partial charge in [0.25, 0.3) is 0 Å². The third-order valence-electron chi connectivity index (χ3n) is 2.76. The summed E-state index contributed by atoms with van der Waals surface area (Å²) in [4.78, 5) is 8.53. The van der Waals surface area contributed by atoms with Gasteiger partial charge in [-0.05, 0) is 24.6 Å². The van der Waals surface area contributed by atoms with Crippen molar-refractivity contribution >= 4 is 0 Å². The molecule has 0 aliphatic heterocycles. The number of aryl methyl sites for hydroxylation is 1. The molecule has 2 heterocycles. The number of nitrogens with zero attached hydrogens (tertiary/aromatic N) is 3. The average molecular weight is 246 g/mol. The van der Waals surface area contributed by atoms with Crippen LogP contribution in [0.4, 0.5) is 0 Å². The van der Waals surface area contributed by atoms with Crippen LogP contribution < -0.4 is 5.32 Å². The highest BCUT2D eigenvalue weighted by atomic mass is 16.5. The Morgan fingerprint density at radius 1 is 1.33 bits per heavy atom. The fourth-order valence-electron chi connectivity index (χ4n) is 1.76. The van der Waals surface area contributed by atoms with Crippen molar-refractivity contribution < 1.29 is 4.52 Å². The van der Waals surface area contributed by atoms with Gasteiger partial charge in [0.15, 0.2) is 0 Å². The van der Waals surface area contributed by atoms with Crippen LogP contribution in [0.2, 0.25) is 0 Å². The van der Waals surface area contributed by atoms with Crippen molar-refractivity contribution in [1.29, 1.82) is 0 Å². The van der Waals surface area contributed by atoms with E-state index in [-0.39, 0.29) is 0 Å². The standard InChI is InChI=1S/C13H18N4O/c1-3-10-9-15-7-5-11(10)13-16-12(18-17-13)6-8-14-4-2/h5,7,9,14H,3-4,6,8H2,1-2H3. The maximum atomic E-state index is 5.24. The van der Waals surface area contributed by atoms with E-state index in [1.54, 1.807) is 6.20 Å². The molecule has 96 valence electrons. The fourth-order valence-corrected chi connectivity index (χ4v) is 1.76. The van der Waals surface area contributed by atoms with Gasteiger partial charge in [-0.3, -0.25) is 4.98 Å². The van der Waals surface area contributed by atoms with Crippen molar-refractivity contribution in [3.8, 4) is 11.4 Å². The Kier molecular flexibility index (Phi) is 4.41. The van der Waals surface area contributed by atoms with Crippen molar-refractivity contribution in [2.75, 3.05) is 13.1 Å². The molecule has 0 unspecified atom stereocenters. The molecule has 0 bridgehead atoms. The monoisotopic (exact) mass is 246 g/mol. The van der Waals surface area contributed by atoms with E-state index in [4.69, 9.17) is 4.52 Å². The third-order valence-corrected chi connectivity index (χ3v) is 2.76. The molecule has 2 rings (SSSR count). The minimum absolute atomic E-state index is 0.653. The second-order valence-corrected chi connectivity index (χ2v) is 4.00. The zero-order valence-corrected chi connectivity index (χ0v) is 10.8. The summed E-state index contributed by atoms with van der Waals surface area (Å²) in [6.07, 6.45) is 5.27. The van der Waals surface area contributed by atoms with Crippen molar-refractivity contribution in [1.82, 2.24) is 20.4 Å². The fraction of sp³-hybridized carbons (Fsp3) is 0.462. The molecule has 0 radical (unpaired) electrons. The summed E-state index contributed by atoms with van der Waals surface area (Å²) < 4.78 is 5.24. The molecule has 2 aromatic rings. The van der Waals surface area contributed by atoms with Crippen molar-refractivity contribution in [3.05, 3.63) is 29.9 Å². The highest BCUT2D eigenvalue weighted by Gasteiger charge is 2.11. The number of aromatic nitrogens is 3. The van der Waals surface area contributed by atoms with E-state index in [9.17, 15) is 0 Å². The lowest BCUT2D eigenvalue weighted by atomic mass is 10.1. The molecule has 0 aliphatic carbocycles. The SMILES string of the molecule is CCNCCc1nc(-c2ccncc2CC)no1. The molecule has 5 nitrogen and oxygen atoms in total. The molecule has 0 aromatic carbocycles. The quantitative estimate of drug-likeness (QED) is 0.788. The lowest BCUT2D eigenvalue weighted by molar-refractivity contribution is 0.377. The van der Waals surface area contributed by atoms with Crippen molar-refractivity contribution in [2.45, 2.75) is 26.7 Å². The summed E-state index contributed by atoms with van der Waals surface area (Å²) in [6, 6.07) is 1.93. The van der Waals surface area contributed by atoms with Crippen molar-refractivity contribution in [2.24, 2.45) is 0 Å². The average Bonchev–Trinajstić information content (AvgIpc) is 2.88. The van der Waals surface area contributed by atoms with E-state index in [0.29, 0.717) is 11.7 Å². The first kappa shape index (κ1) is 12.7. The Balaban J connectivity index is 2.13. The molecular weight excluding hydrogens is 228 g/mol. The smallest absolute Gasteiger partial charge is 0.228 e. The molecular formula is C13H18N4O. The Bertz CT molecular complexity index is 495. The Morgan fingerprint density at radius 3 is 3.00 bits per heavy atom. The molecule has 0 saturated heterocycles. The van der Waals surface area contributed by atoms with Crippen LogP contribution in [0.1, 0.15) is 25.3 Å². The van der Waals surface area contributed by atoms with Gasteiger partial charge in [-0.2, -0.15) is 4.98 Å². The van der Waals surface area contributed by atoms with Gasteiger partial charge in [0, 0.05) is 30.9 Å². The summed E-state index contributed by atoms with van der Waals surface area (Å²) >= 11 is 0. The number of hydrogen-bond donors (Lipinski definition) is 1. The Hall–Kier alpha value is -1.75. The summed E-state index contributed by atoms with van der Waals surface area (Å²) in [6.45, 7) is 5.97. The van der Waals surface area contributed by atoms with E-state index in [0.717, 1.165) is 37.1 Å². The Morgan fingerprint density at radius 2 is 2.22 bits per heavy atom. The zero-order chi connectivity index (χ0) is 12.8. The minimum Gasteiger partial charge on any atom is -0.339 e. The van der Waals surface area contributed by atoms with Crippen LogP contribution in [0.25, 0.3) is 11.4 Å². The Labute approximate surface area is 107 Å². The first-order valence-corrected chi connectivity index (χ1v) is 6.31. The predicted molar refractivity (Wildman–Crippen MR) is 69.2 cm³/mol. The molecule has 0 atom stereocenters. The first-order valence-electron chi connectivity index (χ1n) is 6.31. The molecule has 1 N–H and O–H groups in total. The van der Waals surface area contributed by atoms with Crippen LogP contribution in [0.15, 0.2) is 23.0 Å². The first-order chi connectivity index (χ1) is 8.85. The molecule has 0 fully saturated rings. The number of pyridine rings is 1. The molecule has 0 amide bonds. The molecule has 2 aromatic heterocycles. The highest BCUT2D eigenvalue weighted by Crippen LogP contribution is 2.20. The molecule has 18 heavy (non-hydrogen) atoms. The lowest BCUT2D eigenvalue weighted by Gasteiger charge is -2.00. The second-order valence-electron chi connectivity index (χ2n) is 4.00. The summed E-state index contributed by atoms with van der Waals surface area (Å²) in [5, 5.41) is 7.26.